The molecular formula is C31H39F3N4O5. The van der Waals surface area contributed by atoms with E-state index in [4.69, 9.17) is 4.74 Å². The van der Waals surface area contributed by atoms with E-state index in [0.717, 1.165) is 44.2 Å². The number of amides is 4. The molecule has 4 rings (SSSR count). The van der Waals surface area contributed by atoms with Gasteiger partial charge < -0.3 is 30.3 Å². The number of nitrogens with one attached hydrogen (secondary N) is 2. The first-order valence-corrected chi connectivity index (χ1v) is 14.6. The molecule has 0 bridgehead atoms. The highest BCUT2D eigenvalue weighted by atomic mass is 19.4. The Morgan fingerprint density at radius 3 is 2.40 bits per heavy atom. The van der Waals surface area contributed by atoms with Gasteiger partial charge in [-0.25, -0.2) is 4.79 Å². The van der Waals surface area contributed by atoms with Crippen LogP contribution in [0.25, 0.3) is 0 Å². The number of aliphatic hydroxyl groups excluding tert-OH is 1. The first-order valence-electron chi connectivity index (χ1n) is 14.6. The molecule has 3 atom stereocenters. The van der Waals surface area contributed by atoms with Crippen molar-refractivity contribution < 1.29 is 37.4 Å². The Morgan fingerprint density at radius 1 is 1.09 bits per heavy atom. The number of carbonyl (C=O) groups is 3. The zero-order chi connectivity index (χ0) is 31.3. The predicted molar refractivity (Wildman–Crippen MR) is 156 cm³/mol. The normalized spacial score (nSPS) is 20.3. The van der Waals surface area contributed by atoms with Crippen molar-refractivity contribution in [1.82, 2.24) is 9.80 Å². The van der Waals surface area contributed by atoms with E-state index in [1.54, 1.807) is 30.0 Å². The molecule has 0 radical (unpaired) electrons. The van der Waals surface area contributed by atoms with Gasteiger partial charge >= 0.3 is 12.2 Å². The lowest BCUT2D eigenvalue weighted by Crippen LogP contribution is -2.50. The average molecular weight is 605 g/mol. The van der Waals surface area contributed by atoms with Gasteiger partial charge in [0.1, 0.15) is 6.10 Å². The number of ether oxygens (including phenoxy) is 1. The fourth-order valence-corrected chi connectivity index (χ4v) is 5.47. The summed E-state index contributed by atoms with van der Waals surface area (Å²) in [7, 11) is 1.53. The van der Waals surface area contributed by atoms with Gasteiger partial charge in [-0.15, -0.1) is 0 Å². The number of halogens is 3. The molecule has 1 aliphatic carbocycles. The number of fused-ring (bicyclic) bond motifs is 1. The van der Waals surface area contributed by atoms with E-state index >= 15 is 0 Å². The van der Waals surface area contributed by atoms with Crippen molar-refractivity contribution >= 4 is 29.2 Å². The molecule has 9 nitrogen and oxygen atoms in total. The number of nitrogens with zero attached hydrogens (tertiary/aromatic N) is 2. The van der Waals surface area contributed by atoms with Crippen molar-refractivity contribution in [2.24, 2.45) is 11.8 Å². The number of hydrogen-bond donors (Lipinski definition) is 3. The molecule has 0 saturated heterocycles. The highest BCUT2D eigenvalue weighted by Gasteiger charge is 2.36. The molecule has 4 amide bonds. The quantitative estimate of drug-likeness (QED) is 0.381. The van der Waals surface area contributed by atoms with Gasteiger partial charge in [0.2, 0.25) is 5.91 Å². The van der Waals surface area contributed by atoms with E-state index in [0.29, 0.717) is 5.69 Å². The summed E-state index contributed by atoms with van der Waals surface area (Å²) in [4.78, 5) is 42.8. The summed E-state index contributed by atoms with van der Waals surface area (Å²) in [6, 6.07) is 8.04. The van der Waals surface area contributed by atoms with Crippen LogP contribution in [0.3, 0.4) is 0 Å². The Balaban J connectivity index is 1.58. The topological polar surface area (TPSA) is 111 Å². The molecule has 0 unspecified atom stereocenters. The van der Waals surface area contributed by atoms with Gasteiger partial charge in [0, 0.05) is 31.1 Å². The van der Waals surface area contributed by atoms with Gasteiger partial charge in [-0.05, 0) is 56.2 Å². The second-order valence-corrected chi connectivity index (χ2v) is 11.5. The number of urea groups is 1. The van der Waals surface area contributed by atoms with Crippen LogP contribution < -0.4 is 15.4 Å². The molecule has 12 heteroatoms. The van der Waals surface area contributed by atoms with E-state index in [1.165, 1.54) is 24.1 Å². The molecule has 1 aliphatic heterocycles. The number of anilines is 2. The Labute approximate surface area is 249 Å². The minimum Gasteiger partial charge on any atom is -0.485 e. The zero-order valence-electron chi connectivity index (χ0n) is 24.6. The van der Waals surface area contributed by atoms with Gasteiger partial charge in [0.05, 0.1) is 36.0 Å². The number of hydrogen-bond acceptors (Lipinski definition) is 5. The summed E-state index contributed by atoms with van der Waals surface area (Å²) >= 11 is 0. The second-order valence-electron chi connectivity index (χ2n) is 11.5. The monoisotopic (exact) mass is 604 g/mol. The maximum atomic E-state index is 13.7. The summed E-state index contributed by atoms with van der Waals surface area (Å²) in [5.74, 6) is -0.725. The van der Waals surface area contributed by atoms with Crippen molar-refractivity contribution in [2.75, 3.05) is 37.4 Å². The van der Waals surface area contributed by atoms with Gasteiger partial charge in [0.15, 0.2) is 5.75 Å². The van der Waals surface area contributed by atoms with Gasteiger partial charge in [-0.3, -0.25) is 9.59 Å². The lowest BCUT2D eigenvalue weighted by atomic mass is 9.88. The predicted octanol–water partition coefficient (Wildman–Crippen LogP) is 5.61. The minimum atomic E-state index is -4.49. The molecular weight excluding hydrogens is 565 g/mol. The highest BCUT2D eigenvalue weighted by molar-refractivity contribution is 6.02. The van der Waals surface area contributed by atoms with Crippen molar-refractivity contribution in [2.45, 2.75) is 64.3 Å². The first-order chi connectivity index (χ1) is 20.4. The van der Waals surface area contributed by atoms with Crippen LogP contribution in [-0.2, 0) is 11.0 Å². The number of benzene rings is 2. The molecule has 1 fully saturated rings. The molecule has 3 N–H and O–H groups in total. The maximum Gasteiger partial charge on any atom is 0.416 e. The van der Waals surface area contributed by atoms with E-state index < -0.39 is 29.9 Å². The fourth-order valence-electron chi connectivity index (χ4n) is 5.47. The van der Waals surface area contributed by atoms with Crippen LogP contribution in [0.4, 0.5) is 29.3 Å². The minimum absolute atomic E-state index is 0.0630. The third-order valence-electron chi connectivity index (χ3n) is 8.19. The standard InChI is InChI=1S/C31H39F3N4O5/c1-19-16-38(20(2)18-39)29(41)24-10-7-11-25(36-28(40)21-8-5-4-6-9-21)27(24)43-26(19)17-37(3)30(42)35-23-14-12-22(13-15-23)31(32,33)34/h7,10-15,19-21,26,39H,4-6,8-9,16-18H2,1-3H3,(H,35,42)(H,36,40)/t19-,20-,26+/m1/s1. The van der Waals surface area contributed by atoms with Crippen molar-refractivity contribution in [3.8, 4) is 5.75 Å². The molecule has 0 aromatic heterocycles. The van der Waals surface area contributed by atoms with Gasteiger partial charge in [-0.1, -0.05) is 32.3 Å². The van der Waals surface area contributed by atoms with Crippen LogP contribution in [0, 0.1) is 11.8 Å². The Kier molecular flexibility index (Phi) is 10.2. The Bertz CT molecular complexity index is 1300. The summed E-state index contributed by atoms with van der Waals surface area (Å²) in [6.07, 6.45) is -0.485. The number of alkyl halides is 3. The van der Waals surface area contributed by atoms with Crippen LogP contribution in [0.15, 0.2) is 42.5 Å². The average Bonchev–Trinajstić information content (AvgIpc) is 2.99. The largest absolute Gasteiger partial charge is 0.485 e. The zero-order valence-corrected chi connectivity index (χ0v) is 24.6. The Morgan fingerprint density at radius 2 is 1.77 bits per heavy atom. The lowest BCUT2D eigenvalue weighted by molar-refractivity contribution is -0.137. The molecule has 234 valence electrons. The molecule has 2 aromatic carbocycles. The summed E-state index contributed by atoms with van der Waals surface area (Å²) in [5, 5.41) is 15.5. The van der Waals surface area contributed by atoms with E-state index in [-0.39, 0.29) is 60.3 Å². The fraction of sp³-hybridized carbons (Fsp3) is 0.516. The van der Waals surface area contributed by atoms with E-state index in [9.17, 15) is 32.7 Å². The molecule has 2 aromatic rings. The number of aliphatic hydroxyl groups is 1. The second kappa shape index (κ2) is 13.7. The third kappa shape index (κ3) is 7.78. The van der Waals surface area contributed by atoms with Gasteiger partial charge in [-0.2, -0.15) is 13.2 Å². The van der Waals surface area contributed by atoms with Crippen molar-refractivity contribution in [3.05, 3.63) is 53.6 Å². The highest BCUT2D eigenvalue weighted by Crippen LogP contribution is 2.36. The van der Waals surface area contributed by atoms with Crippen molar-refractivity contribution in [3.63, 3.8) is 0 Å². The van der Waals surface area contributed by atoms with Gasteiger partial charge in [0.25, 0.3) is 5.91 Å². The number of likely N-dealkylation sites (N-methyl/N-ethyl adjacent to an activating group) is 1. The van der Waals surface area contributed by atoms with E-state index in [1.807, 2.05) is 6.92 Å². The number of rotatable bonds is 7. The third-order valence-corrected chi connectivity index (χ3v) is 8.19. The lowest BCUT2D eigenvalue weighted by Gasteiger charge is -2.38. The molecule has 1 saturated carbocycles. The smallest absolute Gasteiger partial charge is 0.416 e. The number of para-hydroxylation sites is 1. The SMILES string of the molecule is C[C@@H]1CN([C@H](C)CO)C(=O)c2cccc(NC(=O)C3CCCCC3)c2O[C@H]1CN(C)C(=O)Nc1ccc(C(F)(F)F)cc1. The van der Waals surface area contributed by atoms with Crippen LogP contribution in [0.1, 0.15) is 61.9 Å². The first kappa shape index (κ1) is 32.1. The molecule has 1 heterocycles. The summed E-state index contributed by atoms with van der Waals surface area (Å²) < 4.78 is 45.2. The summed E-state index contributed by atoms with van der Waals surface area (Å²) in [5.41, 5.74) is -0.0376. The van der Waals surface area contributed by atoms with Crippen molar-refractivity contribution in [1.29, 1.82) is 0 Å². The summed E-state index contributed by atoms with van der Waals surface area (Å²) in [6.45, 7) is 3.64. The van der Waals surface area contributed by atoms with Crippen LogP contribution in [-0.4, -0.2) is 71.6 Å². The van der Waals surface area contributed by atoms with E-state index in [2.05, 4.69) is 10.6 Å². The Hall–Kier alpha value is -3.80. The maximum absolute atomic E-state index is 13.7. The van der Waals surface area contributed by atoms with Crippen LogP contribution in [0.5, 0.6) is 5.75 Å². The van der Waals surface area contributed by atoms with Crippen LogP contribution in [0.2, 0.25) is 0 Å². The molecule has 0 spiro atoms. The number of carbonyl (C=O) groups excluding carboxylic acids is 3. The molecule has 43 heavy (non-hydrogen) atoms. The molecule has 2 aliphatic rings. The van der Waals surface area contributed by atoms with Crippen LogP contribution >= 0.6 is 0 Å².